The van der Waals surface area contributed by atoms with Crippen molar-refractivity contribution < 1.29 is 9.50 Å². The molecule has 0 aliphatic carbocycles. The molecule has 2 heteroatoms. The van der Waals surface area contributed by atoms with Gasteiger partial charge in [-0.05, 0) is 36.1 Å². The maximum Gasteiger partial charge on any atom is 0.123 e. The molecule has 0 aliphatic heterocycles. The molecule has 84 valence electrons. The van der Waals surface area contributed by atoms with Crippen molar-refractivity contribution in [2.24, 2.45) is 5.92 Å². The van der Waals surface area contributed by atoms with Gasteiger partial charge in [0.05, 0.1) is 6.10 Å². The quantitative estimate of drug-likeness (QED) is 0.805. The molecule has 1 N–H and O–H groups in total. The van der Waals surface area contributed by atoms with Gasteiger partial charge in [0, 0.05) is 0 Å². The highest BCUT2D eigenvalue weighted by Crippen LogP contribution is 2.29. The fraction of sp³-hybridized carbons (Fsp3) is 0.538. The smallest absolute Gasteiger partial charge is 0.123 e. The molecular formula is C13H19FO. The summed E-state index contributed by atoms with van der Waals surface area (Å²) in [5.74, 6) is -0.0638. The van der Waals surface area contributed by atoms with Crippen LogP contribution in [0.1, 0.15) is 43.9 Å². The molecule has 0 saturated carbocycles. The molecule has 0 aliphatic rings. The Balaban J connectivity index is 2.98. The van der Waals surface area contributed by atoms with Crippen LogP contribution in [-0.4, -0.2) is 5.11 Å². The minimum absolute atomic E-state index is 0.213. The van der Waals surface area contributed by atoms with Crippen molar-refractivity contribution in [1.29, 1.82) is 0 Å². The molecule has 0 amide bonds. The van der Waals surface area contributed by atoms with E-state index in [4.69, 9.17) is 0 Å². The number of rotatable bonds is 4. The zero-order valence-corrected chi connectivity index (χ0v) is 9.63. The van der Waals surface area contributed by atoms with Gasteiger partial charge in [-0.2, -0.15) is 0 Å². The summed E-state index contributed by atoms with van der Waals surface area (Å²) in [7, 11) is 0. The van der Waals surface area contributed by atoms with E-state index < -0.39 is 6.10 Å². The molecule has 0 spiro atoms. The average molecular weight is 210 g/mol. The standard InChI is InChI=1S/C13H19FO/c1-4-10(5-2)13(15)12-8-11(14)7-6-9(12)3/h6-8,10,13,15H,4-5H2,1-3H3. The fourth-order valence-corrected chi connectivity index (χ4v) is 1.92. The number of hydrogen-bond donors (Lipinski definition) is 1. The summed E-state index contributed by atoms with van der Waals surface area (Å²) in [4.78, 5) is 0. The second-order valence-electron chi connectivity index (χ2n) is 4.02. The zero-order valence-electron chi connectivity index (χ0n) is 9.63. The molecular weight excluding hydrogens is 191 g/mol. The number of aryl methyl sites for hydroxylation is 1. The fourth-order valence-electron chi connectivity index (χ4n) is 1.92. The van der Waals surface area contributed by atoms with Crippen LogP contribution in [0.4, 0.5) is 4.39 Å². The van der Waals surface area contributed by atoms with Crippen LogP contribution >= 0.6 is 0 Å². The largest absolute Gasteiger partial charge is 0.388 e. The van der Waals surface area contributed by atoms with Crippen molar-refractivity contribution in [3.8, 4) is 0 Å². The molecule has 1 aromatic carbocycles. The summed E-state index contributed by atoms with van der Waals surface area (Å²) in [6.07, 6.45) is 1.28. The van der Waals surface area contributed by atoms with Gasteiger partial charge in [-0.1, -0.05) is 32.8 Å². The lowest BCUT2D eigenvalue weighted by molar-refractivity contribution is 0.102. The normalized spacial score (nSPS) is 13.2. The second kappa shape index (κ2) is 5.26. The van der Waals surface area contributed by atoms with Crippen molar-refractivity contribution in [2.75, 3.05) is 0 Å². The van der Waals surface area contributed by atoms with E-state index in [0.29, 0.717) is 0 Å². The molecule has 0 saturated heterocycles. The van der Waals surface area contributed by atoms with E-state index >= 15 is 0 Å². The lowest BCUT2D eigenvalue weighted by Gasteiger charge is -2.22. The van der Waals surface area contributed by atoms with Crippen molar-refractivity contribution in [1.82, 2.24) is 0 Å². The predicted molar refractivity (Wildman–Crippen MR) is 60.2 cm³/mol. The zero-order chi connectivity index (χ0) is 11.4. The molecule has 1 rings (SSSR count). The maximum atomic E-state index is 13.1. The molecule has 0 bridgehead atoms. The van der Waals surface area contributed by atoms with E-state index in [-0.39, 0.29) is 11.7 Å². The highest BCUT2D eigenvalue weighted by molar-refractivity contribution is 5.28. The highest BCUT2D eigenvalue weighted by Gasteiger charge is 2.19. The minimum atomic E-state index is -0.546. The van der Waals surface area contributed by atoms with Gasteiger partial charge in [0.2, 0.25) is 0 Å². The van der Waals surface area contributed by atoms with Gasteiger partial charge >= 0.3 is 0 Å². The first-order chi connectivity index (χ1) is 7.10. The molecule has 1 aromatic rings. The van der Waals surface area contributed by atoms with Crippen LogP contribution in [0.3, 0.4) is 0 Å². The highest BCUT2D eigenvalue weighted by atomic mass is 19.1. The van der Waals surface area contributed by atoms with Crippen LogP contribution in [0.25, 0.3) is 0 Å². The Morgan fingerprint density at radius 2 is 1.87 bits per heavy atom. The number of halogens is 1. The van der Waals surface area contributed by atoms with Crippen LogP contribution in [0.5, 0.6) is 0 Å². The van der Waals surface area contributed by atoms with E-state index in [2.05, 4.69) is 0 Å². The molecule has 15 heavy (non-hydrogen) atoms. The molecule has 0 aromatic heterocycles. The third kappa shape index (κ3) is 2.78. The van der Waals surface area contributed by atoms with E-state index in [1.54, 1.807) is 6.07 Å². The van der Waals surface area contributed by atoms with Crippen LogP contribution in [-0.2, 0) is 0 Å². The van der Waals surface area contributed by atoms with E-state index in [1.807, 2.05) is 20.8 Å². The Labute approximate surface area is 90.9 Å². The van der Waals surface area contributed by atoms with Gasteiger partial charge in [0.1, 0.15) is 5.82 Å². The molecule has 1 unspecified atom stereocenters. The van der Waals surface area contributed by atoms with Crippen LogP contribution in [0, 0.1) is 18.7 Å². The molecule has 0 fully saturated rings. The SMILES string of the molecule is CCC(CC)C(O)c1cc(F)ccc1C. The van der Waals surface area contributed by atoms with Crippen molar-refractivity contribution in [3.05, 3.63) is 35.1 Å². The minimum Gasteiger partial charge on any atom is -0.388 e. The maximum absolute atomic E-state index is 13.1. The Morgan fingerprint density at radius 1 is 1.27 bits per heavy atom. The number of hydrogen-bond acceptors (Lipinski definition) is 1. The summed E-state index contributed by atoms with van der Waals surface area (Å²) in [6, 6.07) is 4.59. The van der Waals surface area contributed by atoms with Gasteiger partial charge in [-0.15, -0.1) is 0 Å². The Bertz CT molecular complexity index is 318. The predicted octanol–water partition coefficient (Wildman–Crippen LogP) is 3.60. The van der Waals surface area contributed by atoms with Gasteiger partial charge in [0.25, 0.3) is 0 Å². The third-order valence-electron chi connectivity index (χ3n) is 3.06. The van der Waals surface area contributed by atoms with Crippen LogP contribution in [0.2, 0.25) is 0 Å². The molecule has 0 radical (unpaired) electrons. The monoisotopic (exact) mass is 210 g/mol. The van der Waals surface area contributed by atoms with E-state index in [0.717, 1.165) is 24.0 Å². The molecule has 1 atom stereocenters. The first kappa shape index (κ1) is 12.2. The summed E-state index contributed by atoms with van der Waals surface area (Å²) < 4.78 is 13.1. The van der Waals surface area contributed by atoms with Gasteiger partial charge in [-0.3, -0.25) is 0 Å². The number of aliphatic hydroxyl groups is 1. The van der Waals surface area contributed by atoms with E-state index in [1.165, 1.54) is 12.1 Å². The first-order valence-corrected chi connectivity index (χ1v) is 5.54. The van der Waals surface area contributed by atoms with Crippen LogP contribution in [0.15, 0.2) is 18.2 Å². The van der Waals surface area contributed by atoms with Gasteiger partial charge in [0.15, 0.2) is 0 Å². The lowest BCUT2D eigenvalue weighted by atomic mass is 9.89. The summed E-state index contributed by atoms with van der Waals surface area (Å²) in [5.41, 5.74) is 1.68. The Morgan fingerprint density at radius 3 is 2.40 bits per heavy atom. The van der Waals surface area contributed by atoms with E-state index in [9.17, 15) is 9.50 Å². The lowest BCUT2D eigenvalue weighted by Crippen LogP contribution is -2.12. The summed E-state index contributed by atoms with van der Waals surface area (Å²) in [5, 5.41) is 10.1. The number of benzene rings is 1. The van der Waals surface area contributed by atoms with Gasteiger partial charge in [-0.25, -0.2) is 4.39 Å². The summed E-state index contributed by atoms with van der Waals surface area (Å²) >= 11 is 0. The second-order valence-corrected chi connectivity index (χ2v) is 4.02. The van der Waals surface area contributed by atoms with Crippen LogP contribution < -0.4 is 0 Å². The first-order valence-electron chi connectivity index (χ1n) is 5.54. The topological polar surface area (TPSA) is 20.2 Å². The van der Waals surface area contributed by atoms with Crippen molar-refractivity contribution in [2.45, 2.75) is 39.7 Å². The summed E-state index contributed by atoms with van der Waals surface area (Å²) in [6.45, 7) is 6.00. The average Bonchev–Trinajstić information content (AvgIpc) is 2.23. The Kier molecular flexibility index (Phi) is 4.28. The third-order valence-corrected chi connectivity index (χ3v) is 3.06. The molecule has 0 heterocycles. The van der Waals surface area contributed by atoms with Crippen molar-refractivity contribution >= 4 is 0 Å². The van der Waals surface area contributed by atoms with Crippen molar-refractivity contribution in [3.63, 3.8) is 0 Å². The Hall–Kier alpha value is -0.890. The molecule has 1 nitrogen and oxygen atoms in total. The van der Waals surface area contributed by atoms with Gasteiger partial charge < -0.3 is 5.11 Å². The number of aliphatic hydroxyl groups excluding tert-OH is 1.